The monoisotopic (exact) mass is 424 g/mol. The average Bonchev–Trinajstić information content (AvgIpc) is 3.48. The first-order chi connectivity index (χ1) is 15.7. The average molecular weight is 425 g/mol. The third kappa shape index (κ3) is 5.45. The Morgan fingerprint density at radius 2 is 1.62 bits per heavy atom. The Morgan fingerprint density at radius 3 is 2.38 bits per heavy atom. The van der Waals surface area contributed by atoms with Crippen LogP contribution in [0.5, 0.6) is 5.75 Å². The van der Waals surface area contributed by atoms with E-state index in [2.05, 4.69) is 69.7 Å². The van der Waals surface area contributed by atoms with Crippen molar-refractivity contribution in [2.24, 2.45) is 0 Å². The van der Waals surface area contributed by atoms with Crippen LogP contribution in [0, 0.1) is 6.92 Å². The molecule has 3 N–H and O–H groups in total. The quantitative estimate of drug-likeness (QED) is 0.320. The molecule has 0 saturated heterocycles. The number of fused-ring (bicyclic) bond motifs is 1. The van der Waals surface area contributed by atoms with Gasteiger partial charge in [-0.1, -0.05) is 60.7 Å². The highest BCUT2D eigenvalue weighted by Gasteiger charge is 2.02. The topological polar surface area (TPSA) is 65.7 Å². The summed E-state index contributed by atoms with van der Waals surface area (Å²) in [4.78, 5) is 10.9. The number of imidazole rings is 1. The molecule has 0 atom stereocenters. The van der Waals surface area contributed by atoms with Crippen molar-refractivity contribution in [2.45, 2.75) is 20.0 Å². The molecule has 0 aliphatic rings. The number of hydrogen-bond donors (Lipinski definition) is 3. The van der Waals surface area contributed by atoms with Crippen molar-refractivity contribution < 1.29 is 4.74 Å². The maximum Gasteiger partial charge on any atom is 0.120 e. The molecule has 2 heterocycles. The Hall–Kier alpha value is -3.83. The maximum absolute atomic E-state index is 5.15. The van der Waals surface area contributed by atoms with E-state index in [1.54, 1.807) is 7.11 Å². The molecule has 0 aliphatic carbocycles. The summed E-state index contributed by atoms with van der Waals surface area (Å²) in [6.07, 6.45) is 3.91. The van der Waals surface area contributed by atoms with Crippen LogP contribution >= 0.6 is 0 Å². The number of para-hydroxylation sites is 1. The van der Waals surface area contributed by atoms with Crippen LogP contribution in [0.4, 0.5) is 0 Å². The lowest BCUT2D eigenvalue weighted by atomic mass is 10.2. The van der Waals surface area contributed by atoms with Gasteiger partial charge in [-0.05, 0) is 41.8 Å². The number of nitrogens with one attached hydrogen (secondary N) is 3. The number of benzene rings is 3. The molecule has 0 unspecified atom stereocenters. The number of ether oxygens (including phenoxy) is 1. The van der Waals surface area contributed by atoms with Gasteiger partial charge >= 0.3 is 0 Å². The fraction of sp³-hybridized carbons (Fsp3) is 0.148. The molecule has 0 saturated carbocycles. The van der Waals surface area contributed by atoms with Crippen LogP contribution in [0.1, 0.15) is 17.0 Å². The summed E-state index contributed by atoms with van der Waals surface area (Å²) in [7, 11) is 1.68. The van der Waals surface area contributed by atoms with E-state index >= 15 is 0 Å². The van der Waals surface area contributed by atoms with E-state index in [9.17, 15) is 0 Å². The SMILES string of the molecule is COc1ccc(CNCc2ncc(-c3ccccc3)[nH]2)cc1.Cc1c[nH]c2ccccc12. The fourth-order valence-electron chi connectivity index (χ4n) is 3.50. The fourth-order valence-corrected chi connectivity index (χ4v) is 3.50. The number of nitrogens with zero attached hydrogens (tertiary/aromatic N) is 1. The van der Waals surface area contributed by atoms with Crippen molar-refractivity contribution in [1.29, 1.82) is 0 Å². The van der Waals surface area contributed by atoms with Crippen LogP contribution in [0.15, 0.2) is 91.3 Å². The molecule has 5 nitrogen and oxygen atoms in total. The molecule has 0 bridgehead atoms. The normalized spacial score (nSPS) is 10.6. The van der Waals surface area contributed by atoms with Gasteiger partial charge in [0.2, 0.25) is 0 Å². The van der Waals surface area contributed by atoms with Gasteiger partial charge in [0.25, 0.3) is 0 Å². The zero-order chi connectivity index (χ0) is 22.2. The Kier molecular flexibility index (Phi) is 7.00. The van der Waals surface area contributed by atoms with Gasteiger partial charge in [0.05, 0.1) is 25.5 Å². The summed E-state index contributed by atoms with van der Waals surface area (Å²) >= 11 is 0. The molecule has 0 amide bonds. The third-order valence-corrected chi connectivity index (χ3v) is 5.29. The van der Waals surface area contributed by atoms with E-state index in [1.165, 1.54) is 22.0 Å². The van der Waals surface area contributed by atoms with Crippen LogP contribution in [0.2, 0.25) is 0 Å². The minimum Gasteiger partial charge on any atom is -0.497 e. The van der Waals surface area contributed by atoms with Crippen LogP contribution in [-0.4, -0.2) is 22.1 Å². The first kappa shape index (κ1) is 21.4. The van der Waals surface area contributed by atoms with E-state index in [-0.39, 0.29) is 0 Å². The van der Waals surface area contributed by atoms with Gasteiger partial charge in [0, 0.05) is 23.6 Å². The Morgan fingerprint density at radius 1 is 0.875 bits per heavy atom. The molecular weight excluding hydrogens is 396 g/mol. The first-order valence-electron chi connectivity index (χ1n) is 10.7. The Labute approximate surface area is 188 Å². The molecule has 3 aromatic carbocycles. The van der Waals surface area contributed by atoms with E-state index < -0.39 is 0 Å². The number of hydrogen-bond acceptors (Lipinski definition) is 3. The van der Waals surface area contributed by atoms with E-state index in [0.717, 1.165) is 29.4 Å². The van der Waals surface area contributed by atoms with Gasteiger partial charge in [-0.25, -0.2) is 4.98 Å². The summed E-state index contributed by atoms with van der Waals surface area (Å²) in [6, 6.07) is 26.6. The second-order valence-electron chi connectivity index (χ2n) is 7.58. The number of H-pyrrole nitrogens is 2. The van der Waals surface area contributed by atoms with Crippen LogP contribution in [0.3, 0.4) is 0 Å². The second kappa shape index (κ2) is 10.5. The third-order valence-electron chi connectivity index (χ3n) is 5.29. The van der Waals surface area contributed by atoms with Gasteiger partial charge < -0.3 is 20.0 Å². The minimum atomic E-state index is 0.707. The molecule has 5 rings (SSSR count). The summed E-state index contributed by atoms with van der Waals surface area (Å²) in [5.41, 5.74) is 5.95. The lowest BCUT2D eigenvalue weighted by Gasteiger charge is -2.04. The Bertz CT molecular complexity index is 1240. The lowest BCUT2D eigenvalue weighted by molar-refractivity contribution is 0.414. The molecule has 0 radical (unpaired) electrons. The minimum absolute atomic E-state index is 0.707. The van der Waals surface area contributed by atoms with Crippen molar-refractivity contribution in [2.75, 3.05) is 7.11 Å². The number of aromatic amines is 2. The molecule has 5 heteroatoms. The van der Waals surface area contributed by atoms with Gasteiger partial charge in [-0.2, -0.15) is 0 Å². The highest BCUT2D eigenvalue weighted by molar-refractivity contribution is 5.82. The molecule has 162 valence electrons. The van der Waals surface area contributed by atoms with Gasteiger partial charge in [-0.15, -0.1) is 0 Å². The van der Waals surface area contributed by atoms with Gasteiger partial charge in [0.1, 0.15) is 11.6 Å². The lowest BCUT2D eigenvalue weighted by Crippen LogP contribution is -2.13. The first-order valence-corrected chi connectivity index (χ1v) is 10.7. The zero-order valence-electron chi connectivity index (χ0n) is 18.4. The number of methoxy groups -OCH3 is 1. The molecule has 0 spiro atoms. The smallest absolute Gasteiger partial charge is 0.120 e. The van der Waals surface area contributed by atoms with Gasteiger partial charge in [0.15, 0.2) is 0 Å². The highest BCUT2D eigenvalue weighted by atomic mass is 16.5. The molecule has 32 heavy (non-hydrogen) atoms. The molecule has 0 fully saturated rings. The maximum atomic E-state index is 5.15. The Balaban J connectivity index is 0.000000203. The van der Waals surface area contributed by atoms with Crippen molar-refractivity contribution in [3.63, 3.8) is 0 Å². The molecule has 0 aliphatic heterocycles. The van der Waals surface area contributed by atoms with Crippen molar-refractivity contribution in [3.05, 3.63) is 108 Å². The molecule has 5 aromatic rings. The molecule has 2 aromatic heterocycles. The van der Waals surface area contributed by atoms with Crippen LogP contribution in [-0.2, 0) is 13.1 Å². The van der Waals surface area contributed by atoms with Crippen LogP contribution in [0.25, 0.3) is 22.2 Å². The highest BCUT2D eigenvalue weighted by Crippen LogP contribution is 2.17. The number of aromatic nitrogens is 3. The predicted octanol–water partition coefficient (Wildman–Crippen LogP) is 5.85. The largest absolute Gasteiger partial charge is 0.497 e. The van der Waals surface area contributed by atoms with Crippen LogP contribution < -0.4 is 10.1 Å². The standard InChI is InChI=1S/C18H19N3O.C9H9N/c1-22-16-9-7-14(8-10-16)11-19-13-18-20-12-17(21-18)15-5-3-2-4-6-15;1-7-6-10-9-5-3-2-4-8(7)9/h2-10,12,19H,11,13H2,1H3,(H,20,21);2-6,10H,1H3. The predicted molar refractivity (Wildman–Crippen MR) is 131 cm³/mol. The number of aryl methyl sites for hydroxylation is 1. The summed E-state index contributed by atoms with van der Waals surface area (Å²) in [5, 5.41) is 4.71. The molecular formula is C27H28N4O. The zero-order valence-corrected chi connectivity index (χ0v) is 18.4. The van der Waals surface area contributed by atoms with Crippen molar-refractivity contribution in [1.82, 2.24) is 20.3 Å². The summed E-state index contributed by atoms with van der Waals surface area (Å²) < 4.78 is 5.15. The van der Waals surface area contributed by atoms with Crippen molar-refractivity contribution >= 4 is 10.9 Å². The number of rotatable bonds is 6. The second-order valence-corrected chi connectivity index (χ2v) is 7.58. The summed E-state index contributed by atoms with van der Waals surface area (Å²) in [5.74, 6) is 1.81. The van der Waals surface area contributed by atoms with Crippen molar-refractivity contribution in [3.8, 4) is 17.0 Å². The van der Waals surface area contributed by atoms with Gasteiger partial charge in [-0.3, -0.25) is 0 Å². The van der Waals surface area contributed by atoms with E-state index in [4.69, 9.17) is 4.74 Å². The van der Waals surface area contributed by atoms with E-state index in [0.29, 0.717) is 6.54 Å². The van der Waals surface area contributed by atoms with E-state index in [1.807, 2.05) is 48.8 Å². The summed E-state index contributed by atoms with van der Waals surface area (Å²) in [6.45, 7) is 3.61.